The lowest BCUT2D eigenvalue weighted by atomic mass is 10.3. The van der Waals surface area contributed by atoms with Gasteiger partial charge in [0.25, 0.3) is 0 Å². The van der Waals surface area contributed by atoms with Crippen LogP contribution in [0.2, 0.25) is 5.15 Å². The van der Waals surface area contributed by atoms with Crippen LogP contribution in [0.4, 0.5) is 5.82 Å². The summed E-state index contributed by atoms with van der Waals surface area (Å²) >= 11 is 7.39. The molecule has 1 heterocycles. The summed E-state index contributed by atoms with van der Waals surface area (Å²) in [4.78, 5) is 8.41. The smallest absolute Gasteiger partial charge is 0.190 e. The van der Waals surface area contributed by atoms with Gasteiger partial charge >= 0.3 is 0 Å². The van der Waals surface area contributed by atoms with E-state index >= 15 is 0 Å². The predicted molar refractivity (Wildman–Crippen MR) is 83.9 cm³/mol. The van der Waals surface area contributed by atoms with Crippen molar-refractivity contribution in [2.75, 3.05) is 24.7 Å². The molecule has 2 rings (SSSR count). The molecule has 0 fully saturated rings. The molecule has 0 saturated carbocycles. The number of nitrogens with one attached hydrogen (secondary N) is 1. The van der Waals surface area contributed by atoms with E-state index in [1.165, 1.54) is 11.8 Å². The van der Waals surface area contributed by atoms with Gasteiger partial charge in [-0.3, -0.25) is 0 Å². The Balaban J connectivity index is 1.72. The summed E-state index contributed by atoms with van der Waals surface area (Å²) in [6.07, 6.45) is 2.80. The molecule has 6 heteroatoms. The molecular formula is C14H16ClN3OS. The molecule has 1 N–H and O–H groups in total. The highest BCUT2D eigenvalue weighted by molar-refractivity contribution is 7.98. The van der Waals surface area contributed by atoms with Crippen molar-refractivity contribution in [1.29, 1.82) is 0 Å². The van der Waals surface area contributed by atoms with Gasteiger partial charge in [0, 0.05) is 12.6 Å². The number of anilines is 1. The lowest BCUT2D eigenvalue weighted by molar-refractivity contribution is 0.315. The van der Waals surface area contributed by atoms with Gasteiger partial charge in [-0.1, -0.05) is 41.6 Å². The fraction of sp³-hybridized carbons (Fsp3) is 0.286. The molecule has 0 aliphatic carbocycles. The van der Waals surface area contributed by atoms with Crippen LogP contribution in [0.25, 0.3) is 0 Å². The molecule has 0 unspecified atom stereocenters. The van der Waals surface area contributed by atoms with E-state index in [4.69, 9.17) is 16.3 Å². The average molecular weight is 310 g/mol. The second-order valence-electron chi connectivity index (χ2n) is 4.00. The third-order valence-corrected chi connectivity index (χ3v) is 3.24. The van der Waals surface area contributed by atoms with E-state index in [2.05, 4.69) is 15.3 Å². The number of rotatable bonds is 7. The first-order valence-corrected chi connectivity index (χ1v) is 7.88. The van der Waals surface area contributed by atoms with Crippen LogP contribution < -0.4 is 10.1 Å². The number of nitrogens with zero attached hydrogens (tertiary/aromatic N) is 2. The van der Waals surface area contributed by atoms with Crippen molar-refractivity contribution in [1.82, 2.24) is 9.97 Å². The second-order valence-corrected chi connectivity index (χ2v) is 5.17. The van der Waals surface area contributed by atoms with Crippen molar-refractivity contribution in [3.05, 3.63) is 41.6 Å². The van der Waals surface area contributed by atoms with Crippen molar-refractivity contribution in [3.8, 4) is 5.75 Å². The molecule has 0 atom stereocenters. The van der Waals surface area contributed by atoms with Crippen LogP contribution in [-0.2, 0) is 0 Å². The molecular weight excluding hydrogens is 294 g/mol. The third-order valence-electron chi connectivity index (χ3n) is 2.50. The summed E-state index contributed by atoms with van der Waals surface area (Å²) in [6.45, 7) is 1.43. The monoisotopic (exact) mass is 309 g/mol. The highest BCUT2D eigenvalue weighted by atomic mass is 35.5. The summed E-state index contributed by atoms with van der Waals surface area (Å²) in [5, 5.41) is 4.34. The Bertz CT molecular complexity index is 539. The van der Waals surface area contributed by atoms with E-state index in [1.807, 2.05) is 36.6 Å². The zero-order valence-electron chi connectivity index (χ0n) is 11.2. The summed E-state index contributed by atoms with van der Waals surface area (Å²) in [6, 6.07) is 11.5. The van der Waals surface area contributed by atoms with Crippen molar-refractivity contribution < 1.29 is 4.74 Å². The normalized spacial score (nSPS) is 10.3. The van der Waals surface area contributed by atoms with E-state index in [-0.39, 0.29) is 0 Å². The fourth-order valence-electron chi connectivity index (χ4n) is 1.57. The molecule has 0 amide bonds. The van der Waals surface area contributed by atoms with Crippen LogP contribution in [-0.4, -0.2) is 29.4 Å². The van der Waals surface area contributed by atoms with Gasteiger partial charge in [-0.25, -0.2) is 9.97 Å². The number of thioether (sulfide) groups is 1. The molecule has 0 aliphatic heterocycles. The fourth-order valence-corrected chi connectivity index (χ4v) is 2.19. The zero-order chi connectivity index (χ0) is 14.2. The number of aromatic nitrogens is 2. The van der Waals surface area contributed by atoms with Gasteiger partial charge in [-0.15, -0.1) is 0 Å². The van der Waals surface area contributed by atoms with E-state index < -0.39 is 0 Å². The topological polar surface area (TPSA) is 47.0 Å². The number of halogens is 1. The average Bonchev–Trinajstić information content (AvgIpc) is 2.47. The quantitative estimate of drug-likeness (QED) is 0.365. The molecule has 0 bridgehead atoms. The number of para-hydroxylation sites is 1. The molecule has 1 aromatic carbocycles. The summed E-state index contributed by atoms with van der Waals surface area (Å²) in [7, 11) is 0. The zero-order valence-corrected chi connectivity index (χ0v) is 12.7. The Kier molecular flexibility index (Phi) is 5.95. The number of ether oxygens (including phenoxy) is 1. The number of hydrogen-bond acceptors (Lipinski definition) is 5. The Labute approximate surface area is 127 Å². The number of benzene rings is 1. The molecule has 106 valence electrons. The maximum atomic E-state index is 5.92. The van der Waals surface area contributed by atoms with Gasteiger partial charge in [0.1, 0.15) is 16.7 Å². The minimum Gasteiger partial charge on any atom is -0.494 e. The molecule has 4 nitrogen and oxygen atoms in total. The van der Waals surface area contributed by atoms with Gasteiger partial charge < -0.3 is 10.1 Å². The first-order chi connectivity index (χ1) is 9.78. The van der Waals surface area contributed by atoms with E-state index in [9.17, 15) is 0 Å². The molecule has 20 heavy (non-hydrogen) atoms. The minimum atomic E-state index is 0.451. The van der Waals surface area contributed by atoms with Crippen LogP contribution in [0.5, 0.6) is 5.75 Å². The Morgan fingerprint density at radius 1 is 1.25 bits per heavy atom. The lowest BCUT2D eigenvalue weighted by Crippen LogP contribution is -2.08. The van der Waals surface area contributed by atoms with Crippen LogP contribution in [0.3, 0.4) is 0 Å². The maximum Gasteiger partial charge on any atom is 0.190 e. The van der Waals surface area contributed by atoms with Crippen LogP contribution in [0.15, 0.2) is 41.6 Å². The molecule has 2 aromatic rings. The Hall–Kier alpha value is -1.46. The van der Waals surface area contributed by atoms with Crippen LogP contribution in [0.1, 0.15) is 6.42 Å². The SMILES string of the molecule is CSc1nc(Cl)cc(NCCCOc2ccccc2)n1. The summed E-state index contributed by atoms with van der Waals surface area (Å²) in [5.74, 6) is 1.64. The molecule has 0 aliphatic rings. The van der Waals surface area contributed by atoms with Gasteiger partial charge in [-0.05, 0) is 24.8 Å². The Morgan fingerprint density at radius 3 is 2.80 bits per heavy atom. The first-order valence-electron chi connectivity index (χ1n) is 6.28. The third kappa shape index (κ3) is 4.90. The lowest BCUT2D eigenvalue weighted by Gasteiger charge is -2.08. The van der Waals surface area contributed by atoms with Crippen molar-refractivity contribution in [2.24, 2.45) is 0 Å². The molecule has 0 radical (unpaired) electrons. The van der Waals surface area contributed by atoms with E-state index in [0.717, 1.165) is 24.5 Å². The molecule has 1 aromatic heterocycles. The highest BCUT2D eigenvalue weighted by Crippen LogP contribution is 2.17. The van der Waals surface area contributed by atoms with Gasteiger partial charge in [0.2, 0.25) is 0 Å². The van der Waals surface area contributed by atoms with Gasteiger partial charge in [0.15, 0.2) is 5.16 Å². The first kappa shape index (κ1) is 14.9. The molecule has 0 spiro atoms. The maximum absolute atomic E-state index is 5.92. The number of hydrogen-bond donors (Lipinski definition) is 1. The largest absolute Gasteiger partial charge is 0.494 e. The molecule has 0 saturated heterocycles. The van der Waals surface area contributed by atoms with E-state index in [0.29, 0.717) is 16.9 Å². The summed E-state index contributed by atoms with van der Waals surface area (Å²) in [5.41, 5.74) is 0. The summed E-state index contributed by atoms with van der Waals surface area (Å²) < 4.78 is 5.61. The van der Waals surface area contributed by atoms with Crippen molar-refractivity contribution >= 4 is 29.2 Å². The van der Waals surface area contributed by atoms with Gasteiger partial charge in [-0.2, -0.15) is 0 Å². The van der Waals surface area contributed by atoms with Crippen molar-refractivity contribution in [3.63, 3.8) is 0 Å². The predicted octanol–water partition coefficient (Wildman–Crippen LogP) is 3.73. The Morgan fingerprint density at radius 2 is 2.05 bits per heavy atom. The van der Waals surface area contributed by atoms with Crippen LogP contribution >= 0.6 is 23.4 Å². The van der Waals surface area contributed by atoms with Crippen molar-refractivity contribution in [2.45, 2.75) is 11.6 Å². The second kappa shape index (κ2) is 7.97. The van der Waals surface area contributed by atoms with E-state index in [1.54, 1.807) is 6.07 Å². The minimum absolute atomic E-state index is 0.451. The van der Waals surface area contributed by atoms with Gasteiger partial charge in [0.05, 0.1) is 6.61 Å². The highest BCUT2D eigenvalue weighted by Gasteiger charge is 2.01. The standard InChI is InChI=1S/C14H16ClN3OS/c1-20-14-17-12(15)10-13(18-14)16-8-5-9-19-11-6-3-2-4-7-11/h2-4,6-7,10H,5,8-9H2,1H3,(H,16,17,18). The van der Waals surface area contributed by atoms with Crippen LogP contribution in [0, 0.1) is 0 Å².